The minimum Gasteiger partial charge on any atom is -0.126 e. The number of alkyl halides is 2. The molecule has 0 heterocycles. The minimum atomic E-state index is -0.265. The predicted molar refractivity (Wildman–Crippen MR) is 94.2 cm³/mol. The van der Waals surface area contributed by atoms with Crippen LogP contribution in [-0.2, 0) is 12.8 Å². The van der Waals surface area contributed by atoms with E-state index >= 15 is 0 Å². The Balaban J connectivity index is 2.30. The lowest BCUT2D eigenvalue weighted by atomic mass is 9.79. The number of hydrogen-bond donors (Lipinski definition) is 0. The molecule has 2 rings (SSSR count). The lowest BCUT2D eigenvalue weighted by molar-refractivity contribution is 0.374. The number of benzene rings is 2. The fourth-order valence-corrected chi connectivity index (χ4v) is 3.59. The summed E-state index contributed by atoms with van der Waals surface area (Å²) < 4.78 is 0. The van der Waals surface area contributed by atoms with E-state index in [2.05, 4.69) is 12.1 Å². The Bertz CT molecular complexity index is 556. The van der Waals surface area contributed by atoms with Crippen molar-refractivity contribution >= 4 is 46.4 Å². The molecule has 0 aliphatic rings. The Morgan fingerprint density at radius 3 is 1.81 bits per heavy atom. The van der Waals surface area contributed by atoms with Crippen molar-refractivity contribution in [2.75, 3.05) is 11.8 Å². The third-order valence-electron chi connectivity index (χ3n) is 3.60. The molecule has 0 aliphatic heterocycles. The molecule has 21 heavy (non-hydrogen) atoms. The van der Waals surface area contributed by atoms with Gasteiger partial charge in [-0.3, -0.25) is 0 Å². The first kappa shape index (κ1) is 17.0. The van der Waals surface area contributed by atoms with E-state index < -0.39 is 0 Å². The van der Waals surface area contributed by atoms with Gasteiger partial charge < -0.3 is 0 Å². The van der Waals surface area contributed by atoms with Gasteiger partial charge in [0.1, 0.15) is 0 Å². The first-order valence-electron chi connectivity index (χ1n) is 6.69. The van der Waals surface area contributed by atoms with Gasteiger partial charge in [0.2, 0.25) is 0 Å². The average Bonchev–Trinajstić information content (AvgIpc) is 2.51. The van der Waals surface area contributed by atoms with E-state index in [0.717, 1.165) is 12.0 Å². The monoisotopic (exact) mass is 360 g/mol. The first-order valence-corrected chi connectivity index (χ1v) is 8.51. The largest absolute Gasteiger partial charge is 0.126 e. The zero-order valence-electron chi connectivity index (χ0n) is 11.5. The van der Waals surface area contributed by atoms with Gasteiger partial charge in [0.15, 0.2) is 0 Å². The standard InChI is InChI=1S/C17H16Cl4/c18-11-17(12-19,9-13-5-2-1-3-6-13)10-14-15(20)7-4-8-16(14)21/h1-8H,9-12H2. The summed E-state index contributed by atoms with van der Waals surface area (Å²) in [5.74, 6) is 0.903. The van der Waals surface area contributed by atoms with Crippen LogP contribution in [0.2, 0.25) is 10.0 Å². The zero-order valence-corrected chi connectivity index (χ0v) is 14.5. The summed E-state index contributed by atoms with van der Waals surface area (Å²) in [7, 11) is 0. The predicted octanol–water partition coefficient (Wildman–Crippen LogP) is 6.24. The second-order valence-corrected chi connectivity index (χ2v) is 6.66. The maximum Gasteiger partial charge on any atom is 0.0453 e. The summed E-state index contributed by atoms with van der Waals surface area (Å²) in [5, 5.41) is 1.32. The van der Waals surface area contributed by atoms with Crippen LogP contribution in [0.1, 0.15) is 11.1 Å². The van der Waals surface area contributed by atoms with Gasteiger partial charge in [-0.15, -0.1) is 23.2 Å². The van der Waals surface area contributed by atoms with Gasteiger partial charge in [0.25, 0.3) is 0 Å². The number of rotatable bonds is 6. The quantitative estimate of drug-likeness (QED) is 0.534. The lowest BCUT2D eigenvalue weighted by Gasteiger charge is -2.30. The van der Waals surface area contributed by atoms with Crippen molar-refractivity contribution in [2.45, 2.75) is 12.8 Å². The molecule has 2 aromatic carbocycles. The van der Waals surface area contributed by atoms with Crippen molar-refractivity contribution in [2.24, 2.45) is 5.41 Å². The van der Waals surface area contributed by atoms with Gasteiger partial charge in [-0.1, -0.05) is 59.6 Å². The van der Waals surface area contributed by atoms with Crippen LogP contribution in [0.5, 0.6) is 0 Å². The molecule has 0 saturated carbocycles. The van der Waals surface area contributed by atoms with Crippen molar-refractivity contribution in [1.29, 1.82) is 0 Å². The van der Waals surface area contributed by atoms with Crippen LogP contribution in [0.4, 0.5) is 0 Å². The fourth-order valence-electron chi connectivity index (χ4n) is 2.39. The van der Waals surface area contributed by atoms with E-state index in [1.54, 1.807) is 0 Å². The van der Waals surface area contributed by atoms with Gasteiger partial charge in [-0.2, -0.15) is 0 Å². The van der Waals surface area contributed by atoms with Crippen LogP contribution in [0.25, 0.3) is 0 Å². The Hall–Kier alpha value is -0.400. The molecule has 0 aliphatic carbocycles. The molecular formula is C17H16Cl4. The molecule has 2 aromatic rings. The van der Waals surface area contributed by atoms with Crippen LogP contribution < -0.4 is 0 Å². The third-order valence-corrected chi connectivity index (χ3v) is 5.44. The van der Waals surface area contributed by atoms with Crippen LogP contribution in [0.3, 0.4) is 0 Å². The molecule has 0 nitrogen and oxygen atoms in total. The van der Waals surface area contributed by atoms with Gasteiger partial charge in [0.05, 0.1) is 0 Å². The third kappa shape index (κ3) is 4.29. The average molecular weight is 362 g/mol. The Kier molecular flexibility index (Phi) is 6.25. The lowest BCUT2D eigenvalue weighted by Crippen LogP contribution is -2.31. The van der Waals surface area contributed by atoms with Crippen molar-refractivity contribution in [3.8, 4) is 0 Å². The highest BCUT2D eigenvalue weighted by Crippen LogP contribution is 2.36. The van der Waals surface area contributed by atoms with E-state index in [1.165, 1.54) is 5.56 Å². The van der Waals surface area contributed by atoms with E-state index in [4.69, 9.17) is 46.4 Å². The molecule has 0 fully saturated rings. The minimum absolute atomic E-state index is 0.265. The molecule has 0 amide bonds. The van der Waals surface area contributed by atoms with Gasteiger partial charge in [-0.05, 0) is 36.1 Å². The van der Waals surface area contributed by atoms with Crippen molar-refractivity contribution < 1.29 is 0 Å². The molecule has 0 spiro atoms. The van der Waals surface area contributed by atoms with Crippen molar-refractivity contribution in [3.63, 3.8) is 0 Å². The summed E-state index contributed by atoms with van der Waals surface area (Å²) in [5.41, 5.74) is 1.86. The summed E-state index contributed by atoms with van der Waals surface area (Å²) in [6, 6.07) is 15.7. The normalized spacial score (nSPS) is 11.6. The smallest absolute Gasteiger partial charge is 0.0453 e. The maximum atomic E-state index is 6.28. The van der Waals surface area contributed by atoms with Gasteiger partial charge in [-0.25, -0.2) is 0 Å². The Morgan fingerprint density at radius 2 is 1.29 bits per heavy atom. The van der Waals surface area contributed by atoms with Crippen molar-refractivity contribution in [1.82, 2.24) is 0 Å². The molecule has 0 radical (unpaired) electrons. The van der Waals surface area contributed by atoms with E-state index in [0.29, 0.717) is 28.2 Å². The SMILES string of the molecule is ClCC(CCl)(Cc1ccccc1)Cc1c(Cl)cccc1Cl. The number of hydrogen-bond acceptors (Lipinski definition) is 0. The van der Waals surface area contributed by atoms with E-state index in [9.17, 15) is 0 Å². The molecular weight excluding hydrogens is 346 g/mol. The zero-order chi connectivity index (χ0) is 15.3. The summed E-state index contributed by atoms with van der Waals surface area (Å²) in [6.45, 7) is 0. The summed E-state index contributed by atoms with van der Waals surface area (Å²) in [4.78, 5) is 0. The molecule has 0 unspecified atom stereocenters. The molecule has 112 valence electrons. The summed E-state index contributed by atoms with van der Waals surface area (Å²) >= 11 is 25.1. The van der Waals surface area contributed by atoms with E-state index in [1.807, 2.05) is 36.4 Å². The fraction of sp³-hybridized carbons (Fsp3) is 0.294. The second kappa shape index (κ2) is 7.74. The molecule has 0 N–H and O–H groups in total. The molecule has 0 aromatic heterocycles. The van der Waals surface area contributed by atoms with Crippen LogP contribution >= 0.6 is 46.4 Å². The molecule has 0 saturated heterocycles. The second-order valence-electron chi connectivity index (χ2n) is 5.31. The topological polar surface area (TPSA) is 0 Å². The number of halogens is 4. The van der Waals surface area contributed by atoms with Gasteiger partial charge in [0, 0.05) is 27.2 Å². The van der Waals surface area contributed by atoms with Crippen molar-refractivity contribution in [3.05, 3.63) is 69.7 Å². The molecule has 4 heteroatoms. The Labute approximate surface area is 146 Å². The highest BCUT2D eigenvalue weighted by molar-refractivity contribution is 6.36. The first-order chi connectivity index (χ1) is 10.1. The molecule has 0 atom stereocenters. The van der Waals surface area contributed by atoms with Crippen LogP contribution in [0, 0.1) is 5.41 Å². The maximum absolute atomic E-state index is 6.28. The Morgan fingerprint density at radius 1 is 0.714 bits per heavy atom. The highest BCUT2D eigenvalue weighted by Gasteiger charge is 2.30. The highest BCUT2D eigenvalue weighted by atomic mass is 35.5. The summed E-state index contributed by atoms with van der Waals surface area (Å²) in [6.07, 6.45) is 1.45. The van der Waals surface area contributed by atoms with E-state index in [-0.39, 0.29) is 5.41 Å². The van der Waals surface area contributed by atoms with Crippen LogP contribution in [-0.4, -0.2) is 11.8 Å². The van der Waals surface area contributed by atoms with Gasteiger partial charge >= 0.3 is 0 Å². The molecule has 0 bridgehead atoms. The van der Waals surface area contributed by atoms with Crippen LogP contribution in [0.15, 0.2) is 48.5 Å².